The molecule has 1 heterocycles. The predicted octanol–water partition coefficient (Wildman–Crippen LogP) is 5.20. The molecule has 0 saturated carbocycles. The van der Waals surface area contributed by atoms with Crippen molar-refractivity contribution in [1.29, 1.82) is 0 Å². The fourth-order valence-electron chi connectivity index (χ4n) is 2.46. The molecular formula is C20H20Se. The first kappa shape index (κ1) is 14.4. The molecule has 0 aliphatic carbocycles. The molecule has 0 amide bonds. The van der Waals surface area contributed by atoms with Gasteiger partial charge in [-0.1, -0.05) is 0 Å². The molecule has 0 saturated heterocycles. The molecular weight excluding hydrogens is 319 g/mol. The van der Waals surface area contributed by atoms with Gasteiger partial charge in [-0.15, -0.1) is 0 Å². The van der Waals surface area contributed by atoms with E-state index in [4.69, 9.17) is 0 Å². The van der Waals surface area contributed by atoms with Crippen LogP contribution in [0.1, 0.15) is 25.0 Å². The third-order valence-corrected chi connectivity index (χ3v) is 6.38. The average molecular weight is 339 g/mol. The Hall–Kier alpha value is -1.56. The number of hydrogen-bond donors (Lipinski definition) is 0. The zero-order chi connectivity index (χ0) is 14.7. The molecule has 1 heteroatoms. The Bertz CT molecular complexity index is 640. The molecule has 0 fully saturated rings. The summed E-state index contributed by atoms with van der Waals surface area (Å²) in [4.78, 5) is 0. The van der Waals surface area contributed by atoms with Crippen molar-refractivity contribution in [3.8, 4) is 20.0 Å². The van der Waals surface area contributed by atoms with Crippen LogP contribution in [0.25, 0.3) is 20.0 Å². The van der Waals surface area contributed by atoms with E-state index in [0.717, 1.165) is 12.8 Å². The molecule has 0 unspecified atom stereocenters. The summed E-state index contributed by atoms with van der Waals surface area (Å²) in [6, 6.07) is 22.7. The molecule has 0 nitrogen and oxygen atoms in total. The zero-order valence-electron chi connectivity index (χ0n) is 12.6. The van der Waals surface area contributed by atoms with Crippen molar-refractivity contribution in [2.45, 2.75) is 26.7 Å². The molecule has 21 heavy (non-hydrogen) atoms. The molecule has 3 aromatic rings. The van der Waals surface area contributed by atoms with Gasteiger partial charge in [0, 0.05) is 0 Å². The zero-order valence-corrected chi connectivity index (χ0v) is 14.3. The first-order valence-corrected chi connectivity index (χ1v) is 9.30. The number of rotatable bonds is 4. The van der Waals surface area contributed by atoms with E-state index in [-0.39, 0.29) is 0 Å². The van der Waals surface area contributed by atoms with Gasteiger partial charge in [0.05, 0.1) is 0 Å². The van der Waals surface area contributed by atoms with Crippen LogP contribution in [-0.2, 0) is 12.8 Å². The molecule has 0 aliphatic rings. The van der Waals surface area contributed by atoms with Crippen molar-refractivity contribution in [2.24, 2.45) is 0 Å². The number of benzene rings is 2. The fraction of sp³-hybridized carbons (Fsp3) is 0.200. The van der Waals surface area contributed by atoms with Crippen LogP contribution in [-0.4, -0.2) is 14.5 Å². The van der Waals surface area contributed by atoms with Crippen molar-refractivity contribution >= 4 is 14.5 Å². The van der Waals surface area contributed by atoms with Crippen molar-refractivity contribution in [2.75, 3.05) is 0 Å². The van der Waals surface area contributed by atoms with E-state index in [2.05, 4.69) is 74.5 Å². The van der Waals surface area contributed by atoms with Gasteiger partial charge in [0.15, 0.2) is 0 Å². The van der Waals surface area contributed by atoms with Gasteiger partial charge in [-0.05, 0) is 0 Å². The van der Waals surface area contributed by atoms with Crippen LogP contribution < -0.4 is 0 Å². The van der Waals surface area contributed by atoms with Crippen molar-refractivity contribution < 1.29 is 0 Å². The van der Waals surface area contributed by atoms with E-state index in [1.54, 1.807) is 0 Å². The fourth-order valence-corrected chi connectivity index (χ4v) is 4.59. The first-order valence-electron chi connectivity index (χ1n) is 7.58. The van der Waals surface area contributed by atoms with Crippen LogP contribution in [0, 0.1) is 0 Å². The van der Waals surface area contributed by atoms with Crippen LogP contribution in [0.5, 0.6) is 0 Å². The van der Waals surface area contributed by atoms with E-state index < -0.39 is 0 Å². The third kappa shape index (κ3) is 3.20. The molecule has 1 aromatic heterocycles. The van der Waals surface area contributed by atoms with Crippen LogP contribution in [0.15, 0.2) is 60.7 Å². The van der Waals surface area contributed by atoms with Gasteiger partial charge in [0.2, 0.25) is 0 Å². The van der Waals surface area contributed by atoms with E-state index in [0.29, 0.717) is 14.5 Å². The first-order chi connectivity index (χ1) is 10.3. The van der Waals surface area contributed by atoms with Crippen LogP contribution in [0.3, 0.4) is 0 Å². The van der Waals surface area contributed by atoms with Crippen molar-refractivity contribution in [1.82, 2.24) is 0 Å². The van der Waals surface area contributed by atoms with E-state index in [9.17, 15) is 0 Å². The SMILES string of the molecule is CCc1ccc(-c2ccc(-c3ccc(CC)cc3)[se]2)cc1. The Kier molecular flexibility index (Phi) is 4.43. The molecule has 0 spiro atoms. The van der Waals surface area contributed by atoms with Gasteiger partial charge in [0.25, 0.3) is 0 Å². The molecule has 0 radical (unpaired) electrons. The van der Waals surface area contributed by atoms with Crippen molar-refractivity contribution in [3.05, 3.63) is 71.8 Å². The predicted molar refractivity (Wildman–Crippen MR) is 93.0 cm³/mol. The Morgan fingerprint density at radius 2 is 0.952 bits per heavy atom. The van der Waals surface area contributed by atoms with Gasteiger partial charge < -0.3 is 0 Å². The number of aryl methyl sites for hydroxylation is 2. The number of hydrogen-bond acceptors (Lipinski definition) is 0. The maximum atomic E-state index is 2.30. The molecule has 0 aliphatic heterocycles. The Morgan fingerprint density at radius 3 is 1.29 bits per heavy atom. The van der Waals surface area contributed by atoms with E-state index in [1.807, 2.05) is 0 Å². The minimum atomic E-state index is 0.418. The summed E-state index contributed by atoms with van der Waals surface area (Å²) in [6.07, 6.45) is 2.22. The standard InChI is InChI=1S/C20H20Se/c1-3-15-5-9-17(10-6-15)19-13-14-20(21-19)18-11-7-16(4-2)8-12-18/h5-14H,3-4H2,1-2H3. The molecule has 106 valence electrons. The second-order valence-corrected chi connectivity index (χ2v) is 7.54. The molecule has 3 rings (SSSR count). The van der Waals surface area contributed by atoms with Gasteiger partial charge in [-0.3, -0.25) is 0 Å². The van der Waals surface area contributed by atoms with Gasteiger partial charge in [0.1, 0.15) is 0 Å². The monoisotopic (exact) mass is 340 g/mol. The van der Waals surface area contributed by atoms with Gasteiger partial charge in [-0.2, -0.15) is 0 Å². The Balaban J connectivity index is 1.87. The quantitative estimate of drug-likeness (QED) is 0.573. The van der Waals surface area contributed by atoms with E-state index in [1.165, 1.54) is 31.1 Å². The van der Waals surface area contributed by atoms with Crippen LogP contribution >= 0.6 is 0 Å². The second-order valence-electron chi connectivity index (χ2n) is 5.26. The molecule has 0 N–H and O–H groups in total. The minimum absolute atomic E-state index is 0.418. The molecule has 0 bridgehead atoms. The van der Waals surface area contributed by atoms with Crippen LogP contribution in [0.2, 0.25) is 0 Å². The third-order valence-electron chi connectivity index (χ3n) is 3.90. The summed E-state index contributed by atoms with van der Waals surface area (Å²) in [7, 11) is 0. The van der Waals surface area contributed by atoms with Gasteiger partial charge in [-0.25, -0.2) is 0 Å². The topological polar surface area (TPSA) is 0 Å². The summed E-state index contributed by atoms with van der Waals surface area (Å²) in [5.74, 6) is 0. The Labute approximate surface area is 133 Å². The average Bonchev–Trinajstić information content (AvgIpc) is 3.05. The summed E-state index contributed by atoms with van der Waals surface area (Å²) in [5, 5.41) is 0. The summed E-state index contributed by atoms with van der Waals surface area (Å²) >= 11 is 0.418. The van der Waals surface area contributed by atoms with Gasteiger partial charge >= 0.3 is 133 Å². The normalized spacial score (nSPS) is 10.8. The van der Waals surface area contributed by atoms with Crippen molar-refractivity contribution in [3.63, 3.8) is 0 Å². The van der Waals surface area contributed by atoms with Crippen LogP contribution in [0.4, 0.5) is 0 Å². The molecule has 2 aromatic carbocycles. The van der Waals surface area contributed by atoms with E-state index >= 15 is 0 Å². The Morgan fingerprint density at radius 1 is 0.571 bits per heavy atom. The molecule has 0 atom stereocenters. The second kappa shape index (κ2) is 6.47. The summed E-state index contributed by atoms with van der Waals surface area (Å²) in [5.41, 5.74) is 5.58. The summed E-state index contributed by atoms with van der Waals surface area (Å²) in [6.45, 7) is 4.40. The summed E-state index contributed by atoms with van der Waals surface area (Å²) < 4.78 is 2.97. The maximum absolute atomic E-state index is 2.30.